The number of aliphatic hydroxyl groups is 1. The molecule has 3 rings (SSSR count). The van der Waals surface area contributed by atoms with Gasteiger partial charge in [-0.05, 0) is 11.1 Å². The van der Waals surface area contributed by atoms with E-state index in [-0.39, 0.29) is 10.8 Å². The Bertz CT molecular complexity index is 742. The maximum atomic E-state index is 14.3. The Balaban J connectivity index is 2.28. The molecule has 0 saturated heterocycles. The highest BCUT2D eigenvalue weighted by atomic mass is 35.5. The number of aromatic nitrogens is 2. The average Bonchev–Trinajstić information content (AvgIpc) is 2.56. The SMILES string of the molecule is OC(c1ccccc1)(c1ccccc1)c1ncc(Cl)nc1F. The molecule has 0 aliphatic carbocycles. The summed E-state index contributed by atoms with van der Waals surface area (Å²) in [5.41, 5.74) is -0.938. The van der Waals surface area contributed by atoms with Crippen LogP contribution >= 0.6 is 11.6 Å². The third kappa shape index (κ3) is 2.47. The molecule has 0 aliphatic rings. The first kappa shape index (κ1) is 14.6. The van der Waals surface area contributed by atoms with Crippen molar-refractivity contribution in [2.75, 3.05) is 0 Å². The maximum absolute atomic E-state index is 14.3. The highest BCUT2D eigenvalue weighted by Gasteiger charge is 2.38. The zero-order valence-electron chi connectivity index (χ0n) is 11.4. The minimum absolute atomic E-state index is 0.0651. The van der Waals surface area contributed by atoms with Crippen LogP contribution in [0.15, 0.2) is 66.9 Å². The highest BCUT2D eigenvalue weighted by Crippen LogP contribution is 2.36. The molecule has 0 fully saturated rings. The van der Waals surface area contributed by atoms with Gasteiger partial charge in [-0.25, -0.2) is 9.97 Å². The molecule has 3 nitrogen and oxygen atoms in total. The van der Waals surface area contributed by atoms with Crippen LogP contribution in [-0.4, -0.2) is 15.1 Å². The fraction of sp³-hybridized carbons (Fsp3) is 0.0588. The Hall–Kier alpha value is -2.30. The van der Waals surface area contributed by atoms with Crippen LogP contribution in [0.1, 0.15) is 16.8 Å². The van der Waals surface area contributed by atoms with Gasteiger partial charge in [0.15, 0.2) is 10.8 Å². The second-order valence-corrected chi connectivity index (χ2v) is 5.16. The van der Waals surface area contributed by atoms with Crippen LogP contribution in [-0.2, 0) is 5.60 Å². The first-order valence-electron chi connectivity index (χ1n) is 6.64. The molecule has 22 heavy (non-hydrogen) atoms. The summed E-state index contributed by atoms with van der Waals surface area (Å²) in [5, 5.41) is 11.2. The van der Waals surface area contributed by atoms with E-state index in [1.54, 1.807) is 48.5 Å². The van der Waals surface area contributed by atoms with Gasteiger partial charge in [0.25, 0.3) is 0 Å². The Morgan fingerprint density at radius 1 is 0.909 bits per heavy atom. The molecule has 1 aromatic heterocycles. The number of hydrogen-bond donors (Lipinski definition) is 1. The van der Waals surface area contributed by atoms with Crippen LogP contribution in [0.4, 0.5) is 4.39 Å². The van der Waals surface area contributed by atoms with Crippen LogP contribution in [0.25, 0.3) is 0 Å². The number of hydrogen-bond acceptors (Lipinski definition) is 3. The summed E-state index contributed by atoms with van der Waals surface area (Å²) in [4.78, 5) is 7.55. The van der Waals surface area contributed by atoms with Gasteiger partial charge in [0.2, 0.25) is 5.95 Å². The summed E-state index contributed by atoms with van der Waals surface area (Å²) in [7, 11) is 0. The van der Waals surface area contributed by atoms with Gasteiger partial charge < -0.3 is 5.11 Å². The third-order valence-corrected chi connectivity index (χ3v) is 3.61. The van der Waals surface area contributed by atoms with Crippen molar-refractivity contribution in [3.05, 3.63) is 94.8 Å². The van der Waals surface area contributed by atoms with E-state index < -0.39 is 11.5 Å². The van der Waals surface area contributed by atoms with Gasteiger partial charge in [-0.15, -0.1) is 0 Å². The standard InChI is InChI=1S/C17H12ClFN2O/c18-14-11-20-15(16(19)21-14)17(22,12-7-3-1-4-8-12)13-9-5-2-6-10-13/h1-11,22H. The van der Waals surface area contributed by atoms with E-state index in [0.717, 1.165) is 0 Å². The smallest absolute Gasteiger partial charge is 0.239 e. The third-order valence-electron chi connectivity index (χ3n) is 3.43. The second-order valence-electron chi connectivity index (χ2n) is 4.77. The molecule has 0 amide bonds. The lowest BCUT2D eigenvalue weighted by atomic mass is 9.83. The van der Waals surface area contributed by atoms with Gasteiger partial charge in [0.05, 0.1) is 6.20 Å². The van der Waals surface area contributed by atoms with Crippen LogP contribution in [0.5, 0.6) is 0 Å². The first-order valence-corrected chi connectivity index (χ1v) is 7.02. The molecule has 0 saturated carbocycles. The van der Waals surface area contributed by atoms with E-state index in [0.29, 0.717) is 11.1 Å². The minimum Gasteiger partial charge on any atom is -0.374 e. The molecular formula is C17H12ClFN2O. The van der Waals surface area contributed by atoms with Gasteiger partial charge in [-0.2, -0.15) is 4.39 Å². The van der Waals surface area contributed by atoms with Crippen molar-refractivity contribution in [3.63, 3.8) is 0 Å². The van der Waals surface area contributed by atoms with E-state index in [1.165, 1.54) is 6.20 Å². The summed E-state index contributed by atoms with van der Waals surface area (Å²) in [5.74, 6) is -0.900. The molecule has 110 valence electrons. The molecule has 0 bridgehead atoms. The summed E-state index contributed by atoms with van der Waals surface area (Å²) in [6.07, 6.45) is 1.22. The van der Waals surface area contributed by atoms with Crippen molar-refractivity contribution in [2.45, 2.75) is 5.60 Å². The Morgan fingerprint density at radius 2 is 1.41 bits per heavy atom. The van der Waals surface area contributed by atoms with Gasteiger partial charge in [-0.3, -0.25) is 0 Å². The zero-order chi connectivity index (χ0) is 15.6. The highest BCUT2D eigenvalue weighted by molar-refractivity contribution is 6.29. The predicted octanol–water partition coefficient (Wildman–Crippen LogP) is 3.55. The van der Waals surface area contributed by atoms with E-state index >= 15 is 0 Å². The Labute approximate surface area is 132 Å². The van der Waals surface area contributed by atoms with Gasteiger partial charge in [0.1, 0.15) is 5.69 Å². The van der Waals surface area contributed by atoms with Crippen LogP contribution in [0, 0.1) is 5.95 Å². The Kier molecular flexibility index (Phi) is 3.88. The molecule has 0 radical (unpaired) electrons. The lowest BCUT2D eigenvalue weighted by molar-refractivity contribution is 0.115. The van der Waals surface area contributed by atoms with Crippen LogP contribution in [0.2, 0.25) is 5.15 Å². The molecule has 0 unspecified atom stereocenters. The number of halogens is 2. The maximum Gasteiger partial charge on any atom is 0.239 e. The normalized spacial score (nSPS) is 11.4. The predicted molar refractivity (Wildman–Crippen MR) is 82.0 cm³/mol. The lowest BCUT2D eigenvalue weighted by Gasteiger charge is -2.28. The van der Waals surface area contributed by atoms with Crippen molar-refractivity contribution in [1.82, 2.24) is 9.97 Å². The fourth-order valence-electron chi connectivity index (χ4n) is 2.39. The van der Waals surface area contributed by atoms with E-state index in [2.05, 4.69) is 9.97 Å². The monoisotopic (exact) mass is 314 g/mol. The van der Waals surface area contributed by atoms with Crippen molar-refractivity contribution in [1.29, 1.82) is 0 Å². The topological polar surface area (TPSA) is 46.0 Å². The zero-order valence-corrected chi connectivity index (χ0v) is 12.2. The van der Waals surface area contributed by atoms with Crippen LogP contribution < -0.4 is 0 Å². The molecule has 0 atom stereocenters. The van der Waals surface area contributed by atoms with E-state index in [9.17, 15) is 9.50 Å². The minimum atomic E-state index is -1.75. The fourth-order valence-corrected chi connectivity index (χ4v) is 2.51. The second kappa shape index (κ2) is 5.83. The van der Waals surface area contributed by atoms with Crippen molar-refractivity contribution < 1.29 is 9.50 Å². The van der Waals surface area contributed by atoms with Crippen molar-refractivity contribution >= 4 is 11.6 Å². The first-order chi connectivity index (χ1) is 10.6. The van der Waals surface area contributed by atoms with Crippen molar-refractivity contribution in [2.24, 2.45) is 0 Å². The summed E-state index contributed by atoms with van der Waals surface area (Å²) >= 11 is 5.66. The van der Waals surface area contributed by atoms with E-state index in [1.807, 2.05) is 12.1 Å². The van der Waals surface area contributed by atoms with Gasteiger partial charge in [-0.1, -0.05) is 72.3 Å². The number of benzene rings is 2. The summed E-state index contributed by atoms with van der Waals surface area (Å²) in [6.45, 7) is 0. The molecule has 1 N–H and O–H groups in total. The molecule has 2 aromatic carbocycles. The van der Waals surface area contributed by atoms with Gasteiger partial charge >= 0.3 is 0 Å². The molecule has 5 heteroatoms. The quantitative estimate of drug-likeness (QED) is 0.804. The number of rotatable bonds is 3. The molecule has 0 spiro atoms. The number of nitrogens with zero attached hydrogens (tertiary/aromatic N) is 2. The molecule has 1 heterocycles. The molecular weight excluding hydrogens is 303 g/mol. The Morgan fingerprint density at radius 3 is 1.86 bits per heavy atom. The molecule has 3 aromatic rings. The lowest BCUT2D eigenvalue weighted by Crippen LogP contribution is -2.31. The average molecular weight is 315 g/mol. The summed E-state index contributed by atoms with van der Waals surface area (Å²) in [6, 6.07) is 17.6. The summed E-state index contributed by atoms with van der Waals surface area (Å²) < 4.78 is 14.3. The van der Waals surface area contributed by atoms with E-state index in [4.69, 9.17) is 11.6 Å². The van der Waals surface area contributed by atoms with Crippen LogP contribution in [0.3, 0.4) is 0 Å². The van der Waals surface area contributed by atoms with Crippen molar-refractivity contribution in [3.8, 4) is 0 Å². The molecule has 0 aliphatic heterocycles. The van der Waals surface area contributed by atoms with Gasteiger partial charge in [0, 0.05) is 0 Å². The largest absolute Gasteiger partial charge is 0.374 e.